The van der Waals surface area contributed by atoms with Gasteiger partial charge in [-0.05, 0) is 18.4 Å². The molecule has 0 aromatic carbocycles. The van der Waals surface area contributed by atoms with Gasteiger partial charge < -0.3 is 20.7 Å². The number of nitrogens with one attached hydrogen (secondary N) is 1. The number of carbonyl (C=O) groups excluding carboxylic acids is 2. The molecule has 1 aliphatic rings. The van der Waals surface area contributed by atoms with Crippen LogP contribution in [0.1, 0.15) is 38.1 Å². The first-order valence-corrected chi connectivity index (χ1v) is 8.64. The zero-order valence-electron chi connectivity index (χ0n) is 15.6. The number of hydrogen-bond donors (Lipinski definition) is 2. The first kappa shape index (κ1) is 18.2. The first-order chi connectivity index (χ1) is 12.2. The smallest absolute Gasteiger partial charge is 0.253 e. The van der Waals surface area contributed by atoms with Gasteiger partial charge in [0.15, 0.2) is 0 Å². The molecule has 2 aromatic heterocycles. The topological polar surface area (TPSA) is 102 Å². The SMILES string of the molecule is C[C@@H](Nc1c(C(N)=O)cnn2cc(N3CCOCC3=O)cc12)C(C)(C)C. The Morgan fingerprint density at radius 1 is 1.42 bits per heavy atom. The molecule has 8 heteroatoms. The van der Waals surface area contributed by atoms with Crippen LogP contribution in [0, 0.1) is 5.41 Å². The molecule has 8 nitrogen and oxygen atoms in total. The highest BCUT2D eigenvalue weighted by atomic mass is 16.5. The van der Waals surface area contributed by atoms with Gasteiger partial charge in [0.25, 0.3) is 11.8 Å². The van der Waals surface area contributed by atoms with Gasteiger partial charge in [0, 0.05) is 12.6 Å². The van der Waals surface area contributed by atoms with Crippen LogP contribution in [0.15, 0.2) is 18.5 Å². The van der Waals surface area contributed by atoms with E-state index in [1.54, 1.807) is 15.6 Å². The van der Waals surface area contributed by atoms with Crippen molar-refractivity contribution in [2.24, 2.45) is 11.1 Å². The summed E-state index contributed by atoms with van der Waals surface area (Å²) in [5.41, 5.74) is 7.90. The maximum Gasteiger partial charge on any atom is 0.253 e. The maximum atomic E-state index is 12.1. The van der Waals surface area contributed by atoms with Crippen molar-refractivity contribution in [3.8, 4) is 0 Å². The van der Waals surface area contributed by atoms with Crippen molar-refractivity contribution in [3.05, 3.63) is 24.0 Å². The van der Waals surface area contributed by atoms with Crippen molar-refractivity contribution in [1.29, 1.82) is 0 Å². The highest BCUT2D eigenvalue weighted by Gasteiger charge is 2.26. The Bertz CT molecular complexity index is 852. The molecule has 0 aliphatic carbocycles. The average Bonchev–Trinajstić information content (AvgIpc) is 2.98. The summed E-state index contributed by atoms with van der Waals surface area (Å²) < 4.78 is 6.84. The minimum Gasteiger partial charge on any atom is -0.380 e. The van der Waals surface area contributed by atoms with E-state index in [1.807, 2.05) is 6.07 Å². The van der Waals surface area contributed by atoms with E-state index in [1.165, 1.54) is 6.20 Å². The number of anilines is 2. The lowest BCUT2D eigenvalue weighted by molar-refractivity contribution is -0.125. The Morgan fingerprint density at radius 2 is 2.15 bits per heavy atom. The van der Waals surface area contributed by atoms with Gasteiger partial charge in [-0.1, -0.05) is 20.8 Å². The third-order valence-electron chi connectivity index (χ3n) is 4.85. The molecule has 0 radical (unpaired) electrons. The normalized spacial score (nSPS) is 16.8. The van der Waals surface area contributed by atoms with Crippen molar-refractivity contribution in [1.82, 2.24) is 9.61 Å². The van der Waals surface area contributed by atoms with Crippen LogP contribution in [0.25, 0.3) is 5.52 Å². The molecule has 0 spiro atoms. The second-order valence-electron chi connectivity index (χ2n) is 7.66. The van der Waals surface area contributed by atoms with Gasteiger partial charge in [-0.3, -0.25) is 9.59 Å². The van der Waals surface area contributed by atoms with Crippen molar-refractivity contribution in [3.63, 3.8) is 0 Å². The molecule has 3 N–H and O–H groups in total. The highest BCUT2D eigenvalue weighted by molar-refractivity contribution is 6.03. The van der Waals surface area contributed by atoms with Crippen LogP contribution in [-0.4, -0.2) is 47.2 Å². The van der Waals surface area contributed by atoms with E-state index in [0.717, 1.165) is 5.69 Å². The molecule has 0 bridgehead atoms. The summed E-state index contributed by atoms with van der Waals surface area (Å²) in [7, 11) is 0. The van der Waals surface area contributed by atoms with Gasteiger partial charge in [-0.25, -0.2) is 4.52 Å². The fourth-order valence-electron chi connectivity index (χ4n) is 2.75. The standard InChI is InChI=1S/C18H25N5O3/c1-11(18(2,3)4)21-16-13(17(19)25)8-20-23-9-12(7-14(16)23)22-5-6-26-10-15(22)24/h7-9,11,21H,5-6,10H2,1-4H3,(H2,19,25)/t11-/m1/s1. The minimum absolute atomic E-state index is 0.0230. The van der Waals surface area contributed by atoms with Crippen molar-refractivity contribution < 1.29 is 14.3 Å². The molecule has 0 saturated carbocycles. The summed E-state index contributed by atoms with van der Waals surface area (Å²) in [5.74, 6) is -0.645. The maximum absolute atomic E-state index is 12.1. The molecule has 2 aromatic rings. The van der Waals surface area contributed by atoms with E-state index in [9.17, 15) is 9.59 Å². The van der Waals surface area contributed by atoms with Gasteiger partial charge >= 0.3 is 0 Å². The second-order valence-corrected chi connectivity index (χ2v) is 7.66. The molecule has 0 unspecified atom stereocenters. The number of primary amides is 1. The second kappa shape index (κ2) is 6.60. The zero-order chi connectivity index (χ0) is 19.1. The van der Waals surface area contributed by atoms with Crippen LogP contribution in [0.4, 0.5) is 11.4 Å². The summed E-state index contributed by atoms with van der Waals surface area (Å²) in [4.78, 5) is 25.7. The summed E-state index contributed by atoms with van der Waals surface area (Å²) >= 11 is 0. The van der Waals surface area contributed by atoms with Gasteiger partial charge in [-0.15, -0.1) is 0 Å². The third-order valence-corrected chi connectivity index (χ3v) is 4.85. The molecule has 26 heavy (non-hydrogen) atoms. The molecule has 1 fully saturated rings. The molecule has 2 amide bonds. The number of morpholine rings is 1. The number of ether oxygens (including phenoxy) is 1. The number of rotatable bonds is 4. The summed E-state index contributed by atoms with van der Waals surface area (Å²) in [5, 5.41) is 7.69. The van der Waals surface area contributed by atoms with Gasteiger partial charge in [0.1, 0.15) is 6.61 Å². The van der Waals surface area contributed by atoms with E-state index in [-0.39, 0.29) is 24.0 Å². The van der Waals surface area contributed by atoms with Crippen molar-refractivity contribution >= 4 is 28.7 Å². The van der Waals surface area contributed by atoms with Gasteiger partial charge in [0.05, 0.1) is 41.5 Å². The third kappa shape index (κ3) is 3.37. The molecule has 3 rings (SSSR count). The minimum atomic E-state index is -0.547. The lowest BCUT2D eigenvalue weighted by Gasteiger charge is -2.29. The van der Waals surface area contributed by atoms with Crippen LogP contribution < -0.4 is 16.0 Å². The molecule has 1 atom stereocenters. The lowest BCUT2D eigenvalue weighted by Crippen LogP contribution is -2.41. The molecule has 3 heterocycles. The van der Waals surface area contributed by atoms with E-state index < -0.39 is 5.91 Å². The lowest BCUT2D eigenvalue weighted by atomic mass is 9.88. The summed E-state index contributed by atoms with van der Waals surface area (Å²) in [6.45, 7) is 9.44. The van der Waals surface area contributed by atoms with Crippen LogP contribution in [0.3, 0.4) is 0 Å². The van der Waals surface area contributed by atoms with E-state index in [0.29, 0.717) is 29.9 Å². The fourth-order valence-corrected chi connectivity index (χ4v) is 2.75. The molecular formula is C18H25N5O3. The number of amides is 2. The van der Waals surface area contributed by atoms with Crippen LogP contribution in [0.2, 0.25) is 0 Å². The molecular weight excluding hydrogens is 334 g/mol. The number of carbonyl (C=O) groups is 2. The monoisotopic (exact) mass is 359 g/mol. The van der Waals surface area contributed by atoms with Gasteiger partial charge in [0.2, 0.25) is 0 Å². The van der Waals surface area contributed by atoms with Crippen LogP contribution in [-0.2, 0) is 9.53 Å². The van der Waals surface area contributed by atoms with Crippen LogP contribution >= 0.6 is 0 Å². The van der Waals surface area contributed by atoms with E-state index in [2.05, 4.69) is 38.1 Å². The predicted octanol–water partition coefficient (Wildman–Crippen LogP) is 1.64. The fraction of sp³-hybridized carbons (Fsp3) is 0.500. The number of aromatic nitrogens is 2. The van der Waals surface area contributed by atoms with Crippen LogP contribution in [0.5, 0.6) is 0 Å². The summed E-state index contributed by atoms with van der Waals surface area (Å²) in [6.07, 6.45) is 3.23. The van der Waals surface area contributed by atoms with Crippen molar-refractivity contribution in [2.75, 3.05) is 30.0 Å². The largest absolute Gasteiger partial charge is 0.380 e. The quantitative estimate of drug-likeness (QED) is 0.864. The number of fused-ring (bicyclic) bond motifs is 1. The van der Waals surface area contributed by atoms with Gasteiger partial charge in [-0.2, -0.15) is 5.10 Å². The number of nitrogens with two attached hydrogens (primary N) is 1. The molecule has 140 valence electrons. The first-order valence-electron chi connectivity index (χ1n) is 8.64. The molecule has 1 saturated heterocycles. The Hall–Kier alpha value is -2.61. The Labute approximate surface area is 152 Å². The average molecular weight is 359 g/mol. The number of hydrogen-bond acceptors (Lipinski definition) is 5. The zero-order valence-corrected chi connectivity index (χ0v) is 15.6. The van der Waals surface area contributed by atoms with E-state index in [4.69, 9.17) is 10.5 Å². The Balaban J connectivity index is 2.08. The predicted molar refractivity (Wildman–Crippen MR) is 99.4 cm³/mol. The molecule has 1 aliphatic heterocycles. The highest BCUT2D eigenvalue weighted by Crippen LogP contribution is 2.31. The van der Waals surface area contributed by atoms with Crippen molar-refractivity contribution in [2.45, 2.75) is 33.7 Å². The number of nitrogens with zero attached hydrogens (tertiary/aromatic N) is 3. The Morgan fingerprint density at radius 3 is 2.77 bits per heavy atom. The summed E-state index contributed by atoms with van der Waals surface area (Å²) in [6, 6.07) is 1.93. The van der Waals surface area contributed by atoms with E-state index >= 15 is 0 Å². The Kier molecular flexibility index (Phi) is 4.62.